The van der Waals surface area contributed by atoms with Crippen LogP contribution in [0.5, 0.6) is 0 Å². The molecule has 0 radical (unpaired) electrons. The van der Waals surface area contributed by atoms with Gasteiger partial charge in [0.15, 0.2) is 0 Å². The van der Waals surface area contributed by atoms with Gasteiger partial charge in [-0.25, -0.2) is 0 Å². The van der Waals surface area contributed by atoms with Crippen LogP contribution in [0.15, 0.2) is 18.2 Å². The van der Waals surface area contributed by atoms with E-state index in [-0.39, 0.29) is 11.3 Å². The van der Waals surface area contributed by atoms with E-state index < -0.39 is 0 Å². The third-order valence-corrected chi connectivity index (χ3v) is 4.28. The van der Waals surface area contributed by atoms with Crippen molar-refractivity contribution in [1.29, 1.82) is 0 Å². The number of carbonyl (C=O) groups excluding carboxylic acids is 1. The first kappa shape index (κ1) is 15.6. The van der Waals surface area contributed by atoms with Gasteiger partial charge in [0, 0.05) is 16.6 Å². The fourth-order valence-corrected chi connectivity index (χ4v) is 2.36. The number of hydrogen-bond acceptors (Lipinski definition) is 1. The number of aromatic nitrogens is 1. The summed E-state index contributed by atoms with van der Waals surface area (Å²) < 4.78 is 0. The lowest BCUT2D eigenvalue weighted by Crippen LogP contribution is -2.29. The summed E-state index contributed by atoms with van der Waals surface area (Å²) in [5, 5.41) is 4.23. The molecule has 114 valence electrons. The van der Waals surface area contributed by atoms with E-state index in [2.05, 4.69) is 42.3 Å². The molecule has 2 aromatic rings. The fourth-order valence-electron chi connectivity index (χ4n) is 2.36. The first-order valence-corrected chi connectivity index (χ1v) is 7.85. The molecule has 1 aromatic heterocycles. The number of aromatic amines is 1. The van der Waals surface area contributed by atoms with E-state index in [9.17, 15) is 4.79 Å². The lowest BCUT2D eigenvalue weighted by Gasteiger charge is -2.08. The minimum Gasteiger partial charge on any atom is -0.357 e. The molecule has 3 heteroatoms. The molecule has 1 heterocycles. The van der Waals surface area contributed by atoms with Crippen LogP contribution in [0.3, 0.4) is 0 Å². The largest absolute Gasteiger partial charge is 0.357 e. The van der Waals surface area contributed by atoms with Gasteiger partial charge in [-0.2, -0.15) is 0 Å². The Labute approximate surface area is 127 Å². The van der Waals surface area contributed by atoms with E-state index >= 15 is 0 Å². The van der Waals surface area contributed by atoms with Crippen molar-refractivity contribution in [3.8, 4) is 0 Å². The molecule has 0 bridgehead atoms. The van der Waals surface area contributed by atoms with E-state index in [4.69, 9.17) is 0 Å². The Kier molecular flexibility index (Phi) is 4.40. The van der Waals surface area contributed by atoms with Crippen molar-refractivity contribution in [3.05, 3.63) is 35.0 Å². The lowest BCUT2D eigenvalue weighted by atomic mass is 10.1. The quantitative estimate of drug-likeness (QED) is 0.871. The molecule has 21 heavy (non-hydrogen) atoms. The molecule has 1 aliphatic carbocycles. The van der Waals surface area contributed by atoms with Gasteiger partial charge in [0.1, 0.15) is 0 Å². The topological polar surface area (TPSA) is 44.9 Å². The van der Waals surface area contributed by atoms with Gasteiger partial charge in [-0.05, 0) is 61.4 Å². The van der Waals surface area contributed by atoms with Crippen LogP contribution in [0.4, 0.5) is 0 Å². The molecule has 1 amide bonds. The van der Waals surface area contributed by atoms with Gasteiger partial charge >= 0.3 is 0 Å². The number of amides is 1. The molecule has 3 nitrogen and oxygen atoms in total. The van der Waals surface area contributed by atoms with Crippen molar-refractivity contribution in [2.45, 2.75) is 54.0 Å². The highest BCUT2D eigenvalue weighted by Gasteiger charge is 2.44. The van der Waals surface area contributed by atoms with E-state index in [0.717, 1.165) is 24.1 Å². The standard InChI is InChI=1S/C16H20N2O.C2H6/c1-10-6-12-8-13(18-14(12)7-11(10)2)9-17-15(19)16(3)4-5-16;1-2/h6-8,18H,4-5,9H2,1-3H3,(H,17,19);1-2H3. The van der Waals surface area contributed by atoms with Gasteiger partial charge in [-0.1, -0.05) is 20.8 Å². The maximum absolute atomic E-state index is 11.9. The number of fused-ring (bicyclic) bond motifs is 1. The molecular formula is C18H26N2O. The minimum absolute atomic E-state index is 0.0980. The van der Waals surface area contributed by atoms with Crippen LogP contribution in [-0.2, 0) is 11.3 Å². The van der Waals surface area contributed by atoms with Crippen LogP contribution in [0.25, 0.3) is 10.9 Å². The maximum atomic E-state index is 11.9. The minimum atomic E-state index is -0.0980. The molecule has 1 aromatic carbocycles. The molecule has 1 fully saturated rings. The van der Waals surface area contributed by atoms with Gasteiger partial charge in [-0.3, -0.25) is 4.79 Å². The Morgan fingerprint density at radius 3 is 2.43 bits per heavy atom. The number of carbonyl (C=O) groups is 1. The zero-order chi connectivity index (χ0) is 15.6. The molecule has 0 unspecified atom stereocenters. The number of rotatable bonds is 3. The monoisotopic (exact) mass is 286 g/mol. The zero-order valence-corrected chi connectivity index (χ0v) is 13.8. The number of aryl methyl sites for hydroxylation is 2. The van der Waals surface area contributed by atoms with Crippen molar-refractivity contribution >= 4 is 16.8 Å². The fraction of sp³-hybridized carbons (Fsp3) is 0.500. The summed E-state index contributed by atoms with van der Waals surface area (Å²) in [4.78, 5) is 15.3. The molecule has 0 saturated heterocycles. The molecule has 2 N–H and O–H groups in total. The molecule has 1 saturated carbocycles. The number of H-pyrrole nitrogens is 1. The predicted molar refractivity (Wildman–Crippen MR) is 88.3 cm³/mol. The Hall–Kier alpha value is -1.77. The summed E-state index contributed by atoms with van der Waals surface area (Å²) in [6.45, 7) is 10.9. The Bertz CT molecular complexity index is 612. The third kappa shape index (κ3) is 3.29. The summed E-state index contributed by atoms with van der Waals surface area (Å²) >= 11 is 0. The highest BCUT2D eigenvalue weighted by molar-refractivity contribution is 5.85. The van der Waals surface area contributed by atoms with Crippen molar-refractivity contribution in [1.82, 2.24) is 10.3 Å². The number of benzene rings is 1. The second-order valence-corrected chi connectivity index (χ2v) is 6.06. The van der Waals surface area contributed by atoms with Gasteiger partial charge in [0.25, 0.3) is 0 Å². The SMILES string of the molecule is CC.Cc1cc2cc(CNC(=O)C3(C)CC3)[nH]c2cc1C. The van der Waals surface area contributed by atoms with E-state index in [1.165, 1.54) is 16.5 Å². The average molecular weight is 286 g/mol. The average Bonchev–Trinajstić information content (AvgIpc) is 3.11. The van der Waals surface area contributed by atoms with E-state index in [0.29, 0.717) is 6.54 Å². The second kappa shape index (κ2) is 5.92. The van der Waals surface area contributed by atoms with Crippen LogP contribution in [0.1, 0.15) is 50.4 Å². The van der Waals surface area contributed by atoms with Gasteiger partial charge in [-0.15, -0.1) is 0 Å². The summed E-state index contributed by atoms with van der Waals surface area (Å²) in [5.41, 5.74) is 4.70. The Balaban J connectivity index is 0.000000774. The number of nitrogens with one attached hydrogen (secondary N) is 2. The molecule has 1 aliphatic rings. The van der Waals surface area contributed by atoms with E-state index in [1.54, 1.807) is 0 Å². The number of hydrogen-bond donors (Lipinski definition) is 2. The normalized spacial score (nSPS) is 15.3. The van der Waals surface area contributed by atoms with Gasteiger partial charge < -0.3 is 10.3 Å². The second-order valence-electron chi connectivity index (χ2n) is 6.06. The van der Waals surface area contributed by atoms with Crippen LogP contribution < -0.4 is 5.32 Å². The van der Waals surface area contributed by atoms with Gasteiger partial charge in [0.05, 0.1) is 6.54 Å². The van der Waals surface area contributed by atoms with Gasteiger partial charge in [0.2, 0.25) is 5.91 Å². The zero-order valence-electron chi connectivity index (χ0n) is 13.8. The lowest BCUT2D eigenvalue weighted by molar-refractivity contribution is -0.125. The first-order chi connectivity index (χ1) is 9.98. The van der Waals surface area contributed by atoms with Crippen LogP contribution in [0, 0.1) is 19.3 Å². The predicted octanol–water partition coefficient (Wildman–Crippen LogP) is 4.23. The maximum Gasteiger partial charge on any atom is 0.226 e. The molecule has 0 aliphatic heterocycles. The molecule has 0 spiro atoms. The Morgan fingerprint density at radius 1 is 1.19 bits per heavy atom. The van der Waals surface area contributed by atoms with Crippen molar-refractivity contribution < 1.29 is 4.79 Å². The molecule has 3 rings (SSSR count). The highest BCUT2D eigenvalue weighted by atomic mass is 16.2. The third-order valence-electron chi connectivity index (χ3n) is 4.28. The van der Waals surface area contributed by atoms with Crippen molar-refractivity contribution in [3.63, 3.8) is 0 Å². The molecular weight excluding hydrogens is 260 g/mol. The van der Waals surface area contributed by atoms with Crippen LogP contribution in [-0.4, -0.2) is 10.9 Å². The smallest absolute Gasteiger partial charge is 0.226 e. The summed E-state index contributed by atoms with van der Waals surface area (Å²) in [6.07, 6.45) is 2.04. The first-order valence-electron chi connectivity index (χ1n) is 7.85. The van der Waals surface area contributed by atoms with Crippen LogP contribution >= 0.6 is 0 Å². The van der Waals surface area contributed by atoms with Crippen LogP contribution in [0.2, 0.25) is 0 Å². The summed E-state index contributed by atoms with van der Waals surface area (Å²) in [5.74, 6) is 0.179. The Morgan fingerprint density at radius 2 is 1.81 bits per heavy atom. The van der Waals surface area contributed by atoms with Crippen molar-refractivity contribution in [2.75, 3.05) is 0 Å². The summed E-state index contributed by atoms with van der Waals surface area (Å²) in [6, 6.07) is 6.48. The summed E-state index contributed by atoms with van der Waals surface area (Å²) in [7, 11) is 0. The molecule has 0 atom stereocenters. The highest BCUT2D eigenvalue weighted by Crippen LogP contribution is 2.45. The van der Waals surface area contributed by atoms with E-state index in [1.807, 2.05) is 20.8 Å². The van der Waals surface area contributed by atoms with Crippen molar-refractivity contribution in [2.24, 2.45) is 5.41 Å².